The molecule has 0 fully saturated rings. The van der Waals surface area contributed by atoms with Crippen molar-refractivity contribution in [1.82, 2.24) is 5.32 Å². The second kappa shape index (κ2) is 3.74. The van der Waals surface area contributed by atoms with E-state index in [1.807, 2.05) is 25.2 Å². The van der Waals surface area contributed by atoms with Gasteiger partial charge in [0, 0.05) is 0 Å². The minimum Gasteiger partial charge on any atom is -0.465 e. The van der Waals surface area contributed by atoms with Gasteiger partial charge in [-0.3, -0.25) is 0 Å². The lowest BCUT2D eigenvalue weighted by Crippen LogP contribution is -2.20. The molecule has 0 saturated heterocycles. The first-order valence-electron chi connectivity index (χ1n) is 4.96. The topological polar surface area (TPSA) is 21.3 Å². The largest absolute Gasteiger partial charge is 0.465 e. The third-order valence-electron chi connectivity index (χ3n) is 2.30. The minimum absolute atomic E-state index is 0.00675. The maximum Gasteiger partial charge on any atom is 0.189 e. The molecule has 2 heteroatoms. The molecule has 0 spiro atoms. The van der Waals surface area contributed by atoms with Crippen LogP contribution < -0.4 is 5.32 Å². The Balaban J connectivity index is 2.14. The summed E-state index contributed by atoms with van der Waals surface area (Å²) in [5.74, 6) is 1.42. The number of ether oxygens (including phenoxy) is 1. The molecule has 1 aliphatic carbocycles. The van der Waals surface area contributed by atoms with Gasteiger partial charge >= 0.3 is 0 Å². The predicted molar refractivity (Wildman–Crippen MR) is 57.3 cm³/mol. The van der Waals surface area contributed by atoms with Crippen LogP contribution in [0.25, 0.3) is 0 Å². The van der Waals surface area contributed by atoms with Crippen LogP contribution in [0.4, 0.5) is 0 Å². The fourth-order valence-electron chi connectivity index (χ4n) is 1.53. The SMILES string of the molecule is C/C=C/C1NC2=C(C=CC(C)C=C2)O1. The van der Waals surface area contributed by atoms with Gasteiger partial charge in [-0.05, 0) is 31.1 Å². The van der Waals surface area contributed by atoms with Gasteiger partial charge in [-0.2, -0.15) is 0 Å². The fraction of sp³-hybridized carbons (Fsp3) is 0.333. The third-order valence-corrected chi connectivity index (χ3v) is 2.30. The molecule has 0 aromatic carbocycles. The van der Waals surface area contributed by atoms with Gasteiger partial charge in [-0.15, -0.1) is 0 Å². The molecule has 14 heavy (non-hydrogen) atoms. The van der Waals surface area contributed by atoms with Gasteiger partial charge in [0.1, 0.15) is 5.76 Å². The quantitative estimate of drug-likeness (QED) is 0.640. The van der Waals surface area contributed by atoms with Crippen molar-refractivity contribution in [2.75, 3.05) is 0 Å². The van der Waals surface area contributed by atoms with Crippen LogP contribution in [0.15, 0.2) is 47.9 Å². The number of rotatable bonds is 1. The second-order valence-corrected chi connectivity index (χ2v) is 3.56. The highest BCUT2D eigenvalue weighted by atomic mass is 16.5. The average Bonchev–Trinajstić information content (AvgIpc) is 2.47. The van der Waals surface area contributed by atoms with Gasteiger partial charge in [0.05, 0.1) is 5.70 Å². The lowest BCUT2D eigenvalue weighted by Gasteiger charge is -2.07. The molecule has 0 bridgehead atoms. The fourth-order valence-corrected chi connectivity index (χ4v) is 1.53. The van der Waals surface area contributed by atoms with E-state index in [9.17, 15) is 0 Å². The van der Waals surface area contributed by atoms with E-state index in [0.717, 1.165) is 11.5 Å². The monoisotopic (exact) mass is 189 g/mol. The Morgan fingerprint density at radius 3 is 2.93 bits per heavy atom. The Morgan fingerprint density at radius 1 is 1.36 bits per heavy atom. The number of nitrogens with one attached hydrogen (secondary N) is 1. The summed E-state index contributed by atoms with van der Waals surface area (Å²) in [6, 6.07) is 0. The third kappa shape index (κ3) is 1.74. The maximum absolute atomic E-state index is 5.68. The van der Waals surface area contributed by atoms with Crippen LogP contribution in [0.5, 0.6) is 0 Å². The van der Waals surface area contributed by atoms with Crippen molar-refractivity contribution in [2.45, 2.75) is 20.1 Å². The summed E-state index contributed by atoms with van der Waals surface area (Å²) in [5.41, 5.74) is 1.08. The van der Waals surface area contributed by atoms with Crippen LogP contribution in [0, 0.1) is 5.92 Å². The molecule has 0 saturated carbocycles. The van der Waals surface area contributed by atoms with E-state index in [0.29, 0.717) is 5.92 Å². The molecule has 2 rings (SSSR count). The van der Waals surface area contributed by atoms with Gasteiger partial charge in [0.15, 0.2) is 6.23 Å². The van der Waals surface area contributed by atoms with Crippen LogP contribution in [0.3, 0.4) is 0 Å². The molecule has 74 valence electrons. The van der Waals surface area contributed by atoms with Crippen molar-refractivity contribution in [3.05, 3.63) is 47.9 Å². The predicted octanol–water partition coefficient (Wildman–Crippen LogP) is 2.48. The Hall–Kier alpha value is -1.44. The van der Waals surface area contributed by atoms with Crippen molar-refractivity contribution in [3.8, 4) is 0 Å². The van der Waals surface area contributed by atoms with Crippen LogP contribution in [-0.4, -0.2) is 6.23 Å². The molecule has 2 unspecified atom stereocenters. The van der Waals surface area contributed by atoms with Crippen molar-refractivity contribution in [3.63, 3.8) is 0 Å². The Labute approximate surface area is 84.6 Å². The standard InChI is InChI=1S/C12H15NO/c1-3-4-12-13-10-7-5-9(2)6-8-11(10)14-12/h3-9,12-13H,1-2H3/b4-3+. The van der Waals surface area contributed by atoms with E-state index in [-0.39, 0.29) is 6.23 Å². The van der Waals surface area contributed by atoms with E-state index in [2.05, 4.69) is 30.5 Å². The lowest BCUT2D eigenvalue weighted by atomic mass is 10.1. The molecular weight excluding hydrogens is 174 g/mol. The highest BCUT2D eigenvalue weighted by Gasteiger charge is 2.20. The molecule has 1 heterocycles. The van der Waals surface area contributed by atoms with Crippen molar-refractivity contribution in [2.24, 2.45) is 5.92 Å². The highest BCUT2D eigenvalue weighted by molar-refractivity contribution is 5.35. The van der Waals surface area contributed by atoms with Gasteiger partial charge < -0.3 is 10.1 Å². The first kappa shape index (κ1) is 9.13. The van der Waals surface area contributed by atoms with E-state index in [1.54, 1.807) is 0 Å². The Kier molecular flexibility index (Phi) is 2.44. The van der Waals surface area contributed by atoms with Crippen molar-refractivity contribution < 1.29 is 4.74 Å². The summed E-state index contributed by atoms with van der Waals surface area (Å²) in [7, 11) is 0. The van der Waals surface area contributed by atoms with E-state index >= 15 is 0 Å². The maximum atomic E-state index is 5.68. The number of hydrogen-bond donors (Lipinski definition) is 1. The molecule has 0 aromatic rings. The highest BCUT2D eigenvalue weighted by Crippen LogP contribution is 2.22. The first-order chi connectivity index (χ1) is 6.79. The zero-order chi connectivity index (χ0) is 9.97. The van der Waals surface area contributed by atoms with Crippen LogP contribution in [0.2, 0.25) is 0 Å². The summed E-state index contributed by atoms with van der Waals surface area (Å²) in [6.45, 7) is 4.14. The summed E-state index contributed by atoms with van der Waals surface area (Å²) >= 11 is 0. The number of hydrogen-bond acceptors (Lipinski definition) is 2. The minimum atomic E-state index is -0.00675. The van der Waals surface area contributed by atoms with Gasteiger partial charge in [-0.25, -0.2) is 0 Å². The zero-order valence-electron chi connectivity index (χ0n) is 8.53. The van der Waals surface area contributed by atoms with Crippen molar-refractivity contribution in [1.29, 1.82) is 0 Å². The average molecular weight is 189 g/mol. The van der Waals surface area contributed by atoms with Gasteiger partial charge in [0.25, 0.3) is 0 Å². The van der Waals surface area contributed by atoms with Crippen LogP contribution >= 0.6 is 0 Å². The molecular formula is C12H15NO. The number of allylic oxidation sites excluding steroid dienone is 5. The van der Waals surface area contributed by atoms with Gasteiger partial charge in [0.2, 0.25) is 0 Å². The molecule has 2 nitrogen and oxygen atoms in total. The summed E-state index contributed by atoms with van der Waals surface area (Å²) in [5, 5.41) is 3.29. The van der Waals surface area contributed by atoms with Crippen LogP contribution in [0.1, 0.15) is 13.8 Å². The zero-order valence-corrected chi connectivity index (χ0v) is 8.53. The summed E-state index contributed by atoms with van der Waals surface area (Å²) in [4.78, 5) is 0. The Morgan fingerprint density at radius 2 is 2.14 bits per heavy atom. The molecule has 0 aromatic heterocycles. The second-order valence-electron chi connectivity index (χ2n) is 3.56. The summed E-state index contributed by atoms with van der Waals surface area (Å²) < 4.78 is 5.68. The first-order valence-corrected chi connectivity index (χ1v) is 4.96. The molecule has 1 N–H and O–H groups in total. The van der Waals surface area contributed by atoms with Gasteiger partial charge in [-0.1, -0.05) is 25.2 Å². The molecule has 1 aliphatic heterocycles. The van der Waals surface area contributed by atoms with Crippen LogP contribution in [-0.2, 0) is 4.74 Å². The molecule has 2 atom stereocenters. The normalized spacial score (nSPS) is 30.1. The lowest BCUT2D eigenvalue weighted by molar-refractivity contribution is 0.178. The van der Waals surface area contributed by atoms with Crippen molar-refractivity contribution >= 4 is 0 Å². The molecule has 2 aliphatic rings. The smallest absolute Gasteiger partial charge is 0.189 e. The van der Waals surface area contributed by atoms with E-state index in [1.165, 1.54) is 0 Å². The van der Waals surface area contributed by atoms with E-state index in [4.69, 9.17) is 4.74 Å². The Bertz CT molecular complexity index is 310. The van der Waals surface area contributed by atoms with E-state index < -0.39 is 0 Å². The summed E-state index contributed by atoms with van der Waals surface area (Å²) in [6.07, 6.45) is 12.4. The molecule has 0 amide bonds. The molecule has 0 radical (unpaired) electrons.